The molecule has 0 aliphatic heterocycles. The predicted octanol–water partition coefficient (Wildman–Crippen LogP) is 1.51. The number of hydrogen-bond donors (Lipinski definition) is 1. The molecule has 5 heteroatoms. The lowest BCUT2D eigenvalue weighted by Gasteiger charge is -2.13. The highest BCUT2D eigenvalue weighted by Gasteiger charge is 2.17. The molecule has 0 fully saturated rings. The molecule has 1 aromatic rings. The van der Waals surface area contributed by atoms with Crippen LogP contribution in [0.1, 0.15) is 19.5 Å². The van der Waals surface area contributed by atoms with Crippen molar-refractivity contribution >= 4 is 21.8 Å². The van der Waals surface area contributed by atoms with Crippen molar-refractivity contribution in [2.24, 2.45) is 5.92 Å². The van der Waals surface area contributed by atoms with E-state index in [-0.39, 0.29) is 16.7 Å². The van der Waals surface area contributed by atoms with Gasteiger partial charge in [0.05, 0.1) is 17.1 Å². The summed E-state index contributed by atoms with van der Waals surface area (Å²) in [5.74, 6) is 0.263. The number of nitrogens with zero attached hydrogens (tertiary/aromatic N) is 2. The average molecular weight is 272 g/mol. The van der Waals surface area contributed by atoms with Crippen LogP contribution in [-0.2, 0) is 11.3 Å². The number of hydrogen-bond acceptors (Lipinski definition) is 3. The molecule has 0 saturated carbocycles. The van der Waals surface area contributed by atoms with Crippen molar-refractivity contribution in [1.29, 1.82) is 0 Å². The molecule has 0 aliphatic carbocycles. The number of halogens is 1. The average Bonchev–Trinajstić information content (AvgIpc) is 2.26. The molecule has 0 radical (unpaired) electrons. The van der Waals surface area contributed by atoms with Gasteiger partial charge in [-0.3, -0.25) is 4.79 Å². The van der Waals surface area contributed by atoms with E-state index in [2.05, 4.69) is 31.2 Å². The van der Waals surface area contributed by atoms with E-state index in [0.717, 1.165) is 5.69 Å². The van der Waals surface area contributed by atoms with E-state index in [4.69, 9.17) is 0 Å². The summed E-state index contributed by atoms with van der Waals surface area (Å²) < 4.78 is 0. The fourth-order valence-corrected chi connectivity index (χ4v) is 1.16. The molecule has 1 rings (SSSR count). The maximum atomic E-state index is 11.6. The standard InChI is InChI=1S/C10H14BrN3O/c1-7(2)9(11)10(15)13-5-8-3-4-12-6-14-8/h3-4,6-7,9H,5H2,1-2H3,(H,13,15). The third kappa shape index (κ3) is 3.95. The first-order chi connectivity index (χ1) is 7.11. The lowest BCUT2D eigenvalue weighted by molar-refractivity contribution is -0.121. The van der Waals surface area contributed by atoms with E-state index in [1.165, 1.54) is 6.33 Å². The smallest absolute Gasteiger partial charge is 0.234 e. The molecule has 1 heterocycles. The molecule has 1 amide bonds. The monoisotopic (exact) mass is 271 g/mol. The van der Waals surface area contributed by atoms with E-state index in [1.54, 1.807) is 12.3 Å². The van der Waals surface area contributed by atoms with Crippen LogP contribution in [0, 0.1) is 5.92 Å². The van der Waals surface area contributed by atoms with E-state index in [9.17, 15) is 4.79 Å². The van der Waals surface area contributed by atoms with Crippen LogP contribution in [0.5, 0.6) is 0 Å². The molecule has 4 nitrogen and oxygen atoms in total. The fourth-order valence-electron chi connectivity index (χ4n) is 1.00. The molecular weight excluding hydrogens is 258 g/mol. The number of aromatic nitrogens is 2. The molecular formula is C10H14BrN3O. The summed E-state index contributed by atoms with van der Waals surface area (Å²) in [6.45, 7) is 4.42. The second kappa shape index (κ2) is 5.80. The Morgan fingerprint density at radius 3 is 2.87 bits per heavy atom. The summed E-state index contributed by atoms with van der Waals surface area (Å²) >= 11 is 3.34. The second-order valence-corrected chi connectivity index (χ2v) is 4.55. The van der Waals surface area contributed by atoms with Gasteiger partial charge in [-0.05, 0) is 12.0 Å². The van der Waals surface area contributed by atoms with Crippen molar-refractivity contribution in [3.63, 3.8) is 0 Å². The summed E-state index contributed by atoms with van der Waals surface area (Å²) in [7, 11) is 0. The fraction of sp³-hybridized carbons (Fsp3) is 0.500. The number of amides is 1. The minimum Gasteiger partial charge on any atom is -0.349 e. The molecule has 82 valence electrons. The summed E-state index contributed by atoms with van der Waals surface area (Å²) in [6.07, 6.45) is 3.12. The molecule has 0 saturated heterocycles. The lowest BCUT2D eigenvalue weighted by atomic mass is 10.1. The normalized spacial score (nSPS) is 12.5. The van der Waals surface area contributed by atoms with Gasteiger partial charge in [-0.2, -0.15) is 0 Å². The van der Waals surface area contributed by atoms with Crippen LogP contribution < -0.4 is 5.32 Å². The molecule has 0 aromatic carbocycles. The predicted molar refractivity (Wildman–Crippen MR) is 61.4 cm³/mol. The van der Waals surface area contributed by atoms with Crippen molar-refractivity contribution in [3.05, 3.63) is 24.3 Å². The Balaban J connectivity index is 2.41. The summed E-state index contributed by atoms with van der Waals surface area (Å²) in [5, 5.41) is 2.80. The molecule has 1 unspecified atom stereocenters. The Hall–Kier alpha value is -0.970. The van der Waals surface area contributed by atoms with Crippen molar-refractivity contribution in [2.75, 3.05) is 0 Å². The number of nitrogens with one attached hydrogen (secondary N) is 1. The highest BCUT2D eigenvalue weighted by atomic mass is 79.9. The van der Waals surface area contributed by atoms with Gasteiger partial charge in [-0.1, -0.05) is 29.8 Å². The zero-order valence-corrected chi connectivity index (χ0v) is 10.4. The maximum absolute atomic E-state index is 11.6. The largest absolute Gasteiger partial charge is 0.349 e. The zero-order chi connectivity index (χ0) is 11.3. The number of alkyl halides is 1. The first kappa shape index (κ1) is 12.1. The number of carbonyl (C=O) groups excluding carboxylic acids is 1. The Labute approximate surface area is 97.6 Å². The minimum atomic E-state index is -0.153. The number of carbonyl (C=O) groups is 1. The summed E-state index contributed by atoms with van der Waals surface area (Å²) in [5.41, 5.74) is 0.807. The van der Waals surface area contributed by atoms with Crippen LogP contribution in [0.2, 0.25) is 0 Å². The van der Waals surface area contributed by atoms with E-state index < -0.39 is 0 Å². The van der Waals surface area contributed by atoms with Crippen molar-refractivity contribution < 1.29 is 4.79 Å². The SMILES string of the molecule is CC(C)C(Br)C(=O)NCc1ccncn1. The van der Waals surface area contributed by atoms with Gasteiger partial charge in [-0.15, -0.1) is 0 Å². The van der Waals surface area contributed by atoms with Gasteiger partial charge in [0.25, 0.3) is 0 Å². The third-order valence-corrected chi connectivity index (χ3v) is 3.40. The molecule has 0 aliphatic rings. The van der Waals surface area contributed by atoms with Gasteiger partial charge in [0.15, 0.2) is 0 Å². The summed E-state index contributed by atoms with van der Waals surface area (Å²) in [6, 6.07) is 1.78. The van der Waals surface area contributed by atoms with Crippen LogP contribution in [0.4, 0.5) is 0 Å². The minimum absolute atomic E-state index is 0.0105. The van der Waals surface area contributed by atoms with Crippen molar-refractivity contribution in [1.82, 2.24) is 15.3 Å². The van der Waals surface area contributed by atoms with Gasteiger partial charge in [0.1, 0.15) is 6.33 Å². The van der Waals surface area contributed by atoms with Crippen LogP contribution in [0.15, 0.2) is 18.6 Å². The lowest BCUT2D eigenvalue weighted by Crippen LogP contribution is -2.33. The topological polar surface area (TPSA) is 54.9 Å². The summed E-state index contributed by atoms with van der Waals surface area (Å²) in [4.78, 5) is 19.2. The zero-order valence-electron chi connectivity index (χ0n) is 8.77. The quantitative estimate of drug-likeness (QED) is 0.845. The molecule has 0 spiro atoms. The highest BCUT2D eigenvalue weighted by Crippen LogP contribution is 2.11. The van der Waals surface area contributed by atoms with Gasteiger partial charge in [0, 0.05) is 6.20 Å². The first-order valence-electron chi connectivity index (χ1n) is 4.78. The van der Waals surface area contributed by atoms with Gasteiger partial charge in [-0.25, -0.2) is 9.97 Å². The van der Waals surface area contributed by atoms with Gasteiger partial charge < -0.3 is 5.32 Å². The van der Waals surface area contributed by atoms with Gasteiger partial charge >= 0.3 is 0 Å². The Kier molecular flexibility index (Phi) is 4.68. The molecule has 1 atom stereocenters. The van der Waals surface area contributed by atoms with Crippen molar-refractivity contribution in [3.8, 4) is 0 Å². The number of rotatable bonds is 4. The molecule has 0 bridgehead atoms. The van der Waals surface area contributed by atoms with Crippen LogP contribution in [0.25, 0.3) is 0 Å². The second-order valence-electron chi connectivity index (χ2n) is 3.56. The highest BCUT2D eigenvalue weighted by molar-refractivity contribution is 9.10. The molecule has 15 heavy (non-hydrogen) atoms. The van der Waals surface area contributed by atoms with Crippen molar-refractivity contribution in [2.45, 2.75) is 25.2 Å². The van der Waals surface area contributed by atoms with Crippen LogP contribution in [0.3, 0.4) is 0 Å². The van der Waals surface area contributed by atoms with Crippen LogP contribution in [-0.4, -0.2) is 20.7 Å². The third-order valence-electron chi connectivity index (χ3n) is 1.92. The van der Waals surface area contributed by atoms with E-state index in [1.807, 2.05) is 13.8 Å². The maximum Gasteiger partial charge on any atom is 0.234 e. The first-order valence-corrected chi connectivity index (χ1v) is 5.69. The Morgan fingerprint density at radius 2 is 2.33 bits per heavy atom. The van der Waals surface area contributed by atoms with Crippen LogP contribution >= 0.6 is 15.9 Å². The van der Waals surface area contributed by atoms with Gasteiger partial charge in [0.2, 0.25) is 5.91 Å². The Bertz CT molecular complexity index is 316. The molecule has 1 N–H and O–H groups in total. The van der Waals surface area contributed by atoms with E-state index >= 15 is 0 Å². The Morgan fingerprint density at radius 1 is 1.60 bits per heavy atom. The van der Waals surface area contributed by atoms with E-state index in [0.29, 0.717) is 6.54 Å². The molecule has 1 aromatic heterocycles.